The lowest BCUT2D eigenvalue weighted by atomic mass is 10.1. The van der Waals surface area contributed by atoms with Crippen LogP contribution in [-0.4, -0.2) is 27.7 Å². The second kappa shape index (κ2) is 7.26. The molecule has 3 heterocycles. The van der Waals surface area contributed by atoms with Gasteiger partial charge in [0.15, 0.2) is 0 Å². The van der Waals surface area contributed by atoms with Crippen LogP contribution in [0.1, 0.15) is 48.9 Å². The van der Waals surface area contributed by atoms with Gasteiger partial charge in [0.1, 0.15) is 11.5 Å². The summed E-state index contributed by atoms with van der Waals surface area (Å²) >= 11 is 0. The van der Waals surface area contributed by atoms with E-state index in [0.717, 1.165) is 49.4 Å². The summed E-state index contributed by atoms with van der Waals surface area (Å²) in [4.78, 5) is 14.5. The quantitative estimate of drug-likeness (QED) is 0.944. The lowest BCUT2D eigenvalue weighted by Crippen LogP contribution is -2.42. The molecule has 1 atom stereocenters. The van der Waals surface area contributed by atoms with Crippen LogP contribution in [0.15, 0.2) is 34.9 Å². The number of hydrogen-bond donors (Lipinski definition) is 1. The molecule has 1 unspecified atom stereocenters. The van der Waals surface area contributed by atoms with Gasteiger partial charge >= 0.3 is 6.03 Å². The van der Waals surface area contributed by atoms with E-state index >= 15 is 0 Å². The van der Waals surface area contributed by atoms with Crippen LogP contribution in [0, 0.1) is 6.92 Å². The Balaban J connectivity index is 1.70. The first-order chi connectivity index (χ1) is 11.2. The Morgan fingerprint density at radius 1 is 1.35 bits per heavy atom. The minimum atomic E-state index is -0.0726. The van der Waals surface area contributed by atoms with Gasteiger partial charge in [0.05, 0.1) is 18.3 Å². The number of hydrogen-bond acceptors (Lipinski definition) is 4. The first-order valence-electron chi connectivity index (χ1n) is 8.11. The third-order valence-corrected chi connectivity index (χ3v) is 4.15. The first-order valence-corrected chi connectivity index (χ1v) is 8.11. The summed E-state index contributed by atoms with van der Waals surface area (Å²) in [6, 6.07) is 7.53. The van der Waals surface area contributed by atoms with Crippen molar-refractivity contribution in [3.05, 3.63) is 47.7 Å². The van der Waals surface area contributed by atoms with E-state index in [9.17, 15) is 4.79 Å². The van der Waals surface area contributed by atoms with Gasteiger partial charge in [-0.3, -0.25) is 0 Å². The predicted octanol–water partition coefficient (Wildman–Crippen LogP) is 3.20. The van der Waals surface area contributed by atoms with Crippen LogP contribution in [0.2, 0.25) is 0 Å². The summed E-state index contributed by atoms with van der Waals surface area (Å²) in [6.45, 7) is 3.06. The number of amides is 2. The van der Waals surface area contributed by atoms with E-state index in [2.05, 4.69) is 15.5 Å². The fourth-order valence-corrected chi connectivity index (χ4v) is 2.98. The average Bonchev–Trinajstić information content (AvgIpc) is 2.85. The minimum absolute atomic E-state index is 0.00746. The zero-order chi connectivity index (χ0) is 16.1. The number of nitrogens with one attached hydrogen (secondary N) is 1. The van der Waals surface area contributed by atoms with E-state index in [1.807, 2.05) is 36.1 Å². The van der Waals surface area contributed by atoms with Crippen molar-refractivity contribution in [1.29, 1.82) is 0 Å². The molecule has 0 aromatic carbocycles. The lowest BCUT2D eigenvalue weighted by molar-refractivity contribution is 0.165. The average molecular weight is 314 g/mol. The zero-order valence-corrected chi connectivity index (χ0v) is 13.4. The Labute approximate surface area is 135 Å². The molecule has 0 radical (unpaired) electrons. The summed E-state index contributed by atoms with van der Waals surface area (Å²) in [5.41, 5.74) is 0.751. The second-order valence-corrected chi connectivity index (χ2v) is 5.88. The number of urea groups is 1. The molecule has 2 aromatic heterocycles. The van der Waals surface area contributed by atoms with E-state index < -0.39 is 0 Å². The zero-order valence-electron chi connectivity index (χ0n) is 13.4. The number of rotatable bonds is 3. The number of carbonyl (C=O) groups is 1. The molecule has 0 aliphatic carbocycles. The molecule has 1 aliphatic rings. The molecule has 0 bridgehead atoms. The predicted molar refractivity (Wildman–Crippen MR) is 85.6 cm³/mol. The standard InChI is InChI=1S/C17H22N4O2/c1-13-8-9-16(23-13)15-7-3-2-4-11-21(15)17(22)18-12-14-6-5-10-19-20-14/h5-6,8-10,15H,2-4,7,11-12H2,1H3,(H,18,22). The first kappa shape index (κ1) is 15.5. The fraction of sp³-hybridized carbons (Fsp3) is 0.471. The maximum Gasteiger partial charge on any atom is 0.318 e. The van der Waals surface area contributed by atoms with Crippen molar-refractivity contribution in [1.82, 2.24) is 20.4 Å². The molecule has 1 saturated heterocycles. The summed E-state index contributed by atoms with van der Waals surface area (Å²) < 4.78 is 5.78. The van der Waals surface area contributed by atoms with E-state index in [0.29, 0.717) is 6.54 Å². The summed E-state index contributed by atoms with van der Waals surface area (Å²) in [5, 5.41) is 10.8. The number of furan rings is 1. The molecular formula is C17H22N4O2. The maximum absolute atomic E-state index is 12.6. The van der Waals surface area contributed by atoms with Crippen molar-refractivity contribution in [2.45, 2.75) is 45.2 Å². The van der Waals surface area contributed by atoms with Gasteiger partial charge in [-0.25, -0.2) is 4.79 Å². The van der Waals surface area contributed by atoms with Crippen LogP contribution in [0.4, 0.5) is 4.79 Å². The van der Waals surface area contributed by atoms with Crippen LogP contribution in [0.3, 0.4) is 0 Å². The van der Waals surface area contributed by atoms with Crippen molar-refractivity contribution in [3.63, 3.8) is 0 Å². The normalized spacial score (nSPS) is 18.5. The molecule has 122 valence electrons. The van der Waals surface area contributed by atoms with E-state index in [4.69, 9.17) is 4.42 Å². The van der Waals surface area contributed by atoms with Gasteiger partial charge in [-0.2, -0.15) is 10.2 Å². The topological polar surface area (TPSA) is 71.3 Å². The van der Waals surface area contributed by atoms with Crippen LogP contribution in [0.25, 0.3) is 0 Å². The highest BCUT2D eigenvalue weighted by Crippen LogP contribution is 2.31. The molecule has 23 heavy (non-hydrogen) atoms. The minimum Gasteiger partial charge on any atom is -0.464 e. The second-order valence-electron chi connectivity index (χ2n) is 5.88. The van der Waals surface area contributed by atoms with Gasteiger partial charge in [-0.15, -0.1) is 0 Å². The number of carbonyl (C=O) groups excluding carboxylic acids is 1. The highest BCUT2D eigenvalue weighted by atomic mass is 16.3. The summed E-state index contributed by atoms with van der Waals surface area (Å²) in [5.74, 6) is 1.75. The van der Waals surface area contributed by atoms with Crippen LogP contribution >= 0.6 is 0 Å². The molecule has 1 N–H and O–H groups in total. The van der Waals surface area contributed by atoms with Gasteiger partial charge in [0.25, 0.3) is 0 Å². The SMILES string of the molecule is Cc1ccc(C2CCCCCN2C(=O)NCc2cccnn2)o1. The van der Waals surface area contributed by atoms with Crippen LogP contribution < -0.4 is 5.32 Å². The highest BCUT2D eigenvalue weighted by molar-refractivity contribution is 5.74. The van der Waals surface area contributed by atoms with Crippen LogP contribution in [0.5, 0.6) is 0 Å². The number of aromatic nitrogens is 2. The van der Waals surface area contributed by atoms with Crippen molar-refractivity contribution in [2.24, 2.45) is 0 Å². The summed E-state index contributed by atoms with van der Waals surface area (Å²) in [7, 11) is 0. The number of nitrogens with zero attached hydrogens (tertiary/aromatic N) is 3. The Morgan fingerprint density at radius 2 is 2.26 bits per heavy atom. The van der Waals surface area contributed by atoms with Crippen molar-refractivity contribution < 1.29 is 9.21 Å². The van der Waals surface area contributed by atoms with E-state index in [1.54, 1.807) is 6.20 Å². The molecule has 3 rings (SSSR count). The van der Waals surface area contributed by atoms with Gasteiger partial charge in [-0.05, 0) is 44.0 Å². The van der Waals surface area contributed by atoms with Crippen molar-refractivity contribution in [3.8, 4) is 0 Å². The van der Waals surface area contributed by atoms with Gasteiger partial charge in [0.2, 0.25) is 0 Å². The molecule has 2 amide bonds. The highest BCUT2D eigenvalue weighted by Gasteiger charge is 2.28. The molecule has 0 spiro atoms. The van der Waals surface area contributed by atoms with Gasteiger partial charge in [-0.1, -0.05) is 12.8 Å². The molecule has 6 heteroatoms. The molecule has 0 saturated carbocycles. The molecule has 2 aromatic rings. The maximum atomic E-state index is 12.6. The lowest BCUT2D eigenvalue weighted by Gasteiger charge is -2.28. The number of aryl methyl sites for hydroxylation is 1. The van der Waals surface area contributed by atoms with Crippen molar-refractivity contribution in [2.75, 3.05) is 6.54 Å². The van der Waals surface area contributed by atoms with Gasteiger partial charge in [0, 0.05) is 12.7 Å². The molecule has 1 aliphatic heterocycles. The smallest absolute Gasteiger partial charge is 0.318 e. The molecule has 6 nitrogen and oxygen atoms in total. The number of likely N-dealkylation sites (tertiary alicyclic amines) is 1. The Kier molecular flexibility index (Phi) is 4.90. The Hall–Kier alpha value is -2.37. The third-order valence-electron chi connectivity index (χ3n) is 4.15. The third kappa shape index (κ3) is 3.88. The molecular weight excluding hydrogens is 292 g/mol. The summed E-state index contributed by atoms with van der Waals surface area (Å²) in [6.07, 6.45) is 5.83. The fourth-order valence-electron chi connectivity index (χ4n) is 2.98. The van der Waals surface area contributed by atoms with E-state index in [-0.39, 0.29) is 12.1 Å². The Bertz CT molecular complexity index is 641. The van der Waals surface area contributed by atoms with Crippen molar-refractivity contribution >= 4 is 6.03 Å². The van der Waals surface area contributed by atoms with E-state index in [1.165, 1.54) is 0 Å². The van der Waals surface area contributed by atoms with Crippen LogP contribution in [-0.2, 0) is 6.54 Å². The Morgan fingerprint density at radius 3 is 3.00 bits per heavy atom. The molecule has 1 fully saturated rings. The van der Waals surface area contributed by atoms with Gasteiger partial charge < -0.3 is 14.6 Å². The largest absolute Gasteiger partial charge is 0.464 e. The monoisotopic (exact) mass is 314 g/mol.